The molecular weight excluding hydrogens is 427 g/mol. The minimum atomic E-state index is -0.265. The van der Waals surface area contributed by atoms with Gasteiger partial charge in [-0.25, -0.2) is 0 Å². The molecule has 0 aliphatic rings. The fourth-order valence-corrected chi connectivity index (χ4v) is 1.98. The standard InChI is InChI=1S/C10H9Cl4NO2.Sn/c11-6-5(4-15-2-1-3-16)10(17)9(14)8(13)7(6)12;/h4,16-17H,1-3H2;. The van der Waals surface area contributed by atoms with E-state index in [1.807, 2.05) is 0 Å². The van der Waals surface area contributed by atoms with Gasteiger partial charge in [-0.15, -0.1) is 0 Å². The first-order valence-corrected chi connectivity index (χ1v) is 6.17. The van der Waals surface area contributed by atoms with Crippen molar-refractivity contribution >= 4 is 76.5 Å². The number of aliphatic hydroxyl groups is 1. The van der Waals surface area contributed by atoms with E-state index in [4.69, 9.17) is 51.5 Å². The monoisotopic (exact) mass is 435 g/mol. The van der Waals surface area contributed by atoms with Crippen LogP contribution < -0.4 is 0 Å². The molecule has 0 fully saturated rings. The fraction of sp³-hybridized carbons (Fsp3) is 0.300. The summed E-state index contributed by atoms with van der Waals surface area (Å²) in [6.07, 6.45) is 1.87. The number of phenolic OH excluding ortho intramolecular Hbond substituents is 1. The molecule has 0 saturated heterocycles. The third-order valence-corrected chi connectivity index (χ3v) is 3.75. The Morgan fingerprint density at radius 2 is 1.56 bits per heavy atom. The molecule has 3 nitrogen and oxygen atoms in total. The van der Waals surface area contributed by atoms with Gasteiger partial charge in [0.2, 0.25) is 0 Å². The van der Waals surface area contributed by atoms with Gasteiger partial charge in [-0.05, 0) is 6.42 Å². The number of halogens is 4. The molecule has 4 radical (unpaired) electrons. The second-order valence-corrected chi connectivity index (χ2v) is 4.64. The fourth-order valence-electron chi connectivity index (χ4n) is 1.07. The number of aliphatic hydroxyl groups excluding tert-OH is 1. The molecule has 98 valence electrons. The molecule has 0 unspecified atom stereocenters. The van der Waals surface area contributed by atoms with Gasteiger partial charge in [0, 0.05) is 43.3 Å². The van der Waals surface area contributed by atoms with E-state index < -0.39 is 0 Å². The molecule has 18 heavy (non-hydrogen) atoms. The number of benzene rings is 1. The molecule has 0 bridgehead atoms. The van der Waals surface area contributed by atoms with E-state index in [1.165, 1.54) is 6.21 Å². The Balaban J connectivity index is 0.00000289. The van der Waals surface area contributed by atoms with Crippen molar-refractivity contribution in [1.82, 2.24) is 0 Å². The first-order chi connectivity index (χ1) is 8.00. The Hall–Kier alpha value is 0.609. The molecule has 0 atom stereocenters. The van der Waals surface area contributed by atoms with Crippen molar-refractivity contribution in [2.45, 2.75) is 6.42 Å². The number of phenols is 1. The van der Waals surface area contributed by atoms with Gasteiger partial charge in [-0.1, -0.05) is 46.4 Å². The van der Waals surface area contributed by atoms with E-state index in [-0.39, 0.29) is 61.9 Å². The third-order valence-electron chi connectivity index (χ3n) is 1.94. The number of aliphatic imine (C=N–C) groups is 1. The zero-order valence-electron chi connectivity index (χ0n) is 9.05. The van der Waals surface area contributed by atoms with E-state index in [0.29, 0.717) is 13.0 Å². The third kappa shape index (κ3) is 4.32. The Morgan fingerprint density at radius 3 is 2.11 bits per heavy atom. The van der Waals surface area contributed by atoms with Gasteiger partial charge in [0.25, 0.3) is 0 Å². The van der Waals surface area contributed by atoms with Gasteiger partial charge in [0.1, 0.15) is 10.8 Å². The molecule has 0 heterocycles. The van der Waals surface area contributed by atoms with Crippen LogP contribution in [0, 0.1) is 0 Å². The minimum absolute atomic E-state index is 0. The number of aromatic hydroxyl groups is 1. The summed E-state index contributed by atoms with van der Waals surface area (Å²) in [4.78, 5) is 3.98. The maximum absolute atomic E-state index is 9.74. The van der Waals surface area contributed by atoms with Crippen molar-refractivity contribution in [2.75, 3.05) is 13.2 Å². The van der Waals surface area contributed by atoms with Crippen LogP contribution >= 0.6 is 46.4 Å². The van der Waals surface area contributed by atoms with Crippen LogP contribution in [-0.4, -0.2) is 53.5 Å². The van der Waals surface area contributed by atoms with Crippen LogP contribution in [0.4, 0.5) is 0 Å². The maximum atomic E-state index is 9.74. The number of nitrogens with zero attached hydrogens (tertiary/aromatic N) is 1. The molecule has 0 aromatic heterocycles. The molecule has 2 N–H and O–H groups in total. The van der Waals surface area contributed by atoms with Crippen molar-refractivity contribution in [3.05, 3.63) is 25.7 Å². The summed E-state index contributed by atoms with van der Waals surface area (Å²) in [6.45, 7) is 0.448. The normalized spacial score (nSPS) is 10.7. The summed E-state index contributed by atoms with van der Waals surface area (Å²) in [5.41, 5.74) is 0.212. The predicted molar refractivity (Wildman–Crippen MR) is 78.1 cm³/mol. The van der Waals surface area contributed by atoms with Gasteiger partial charge < -0.3 is 10.2 Å². The molecule has 1 rings (SSSR count). The number of rotatable bonds is 4. The second kappa shape index (κ2) is 8.71. The molecule has 0 spiro atoms. The number of hydrogen-bond donors (Lipinski definition) is 2. The Bertz CT molecular complexity index is 425. The molecule has 1 aromatic rings. The predicted octanol–water partition coefficient (Wildman–Crippen LogP) is 3.43. The first-order valence-electron chi connectivity index (χ1n) is 4.66. The summed E-state index contributed by atoms with van der Waals surface area (Å²) >= 11 is 23.3. The SMILES string of the molecule is OCCCN=Cc1c(O)c(Cl)c(Cl)c(Cl)c1Cl.[Sn]. The van der Waals surface area contributed by atoms with Crippen LogP contribution in [0.2, 0.25) is 20.1 Å². The summed E-state index contributed by atoms with van der Waals surface area (Å²) in [7, 11) is 0. The topological polar surface area (TPSA) is 52.8 Å². The van der Waals surface area contributed by atoms with Crippen molar-refractivity contribution in [3.8, 4) is 5.75 Å². The average molecular weight is 436 g/mol. The molecule has 0 amide bonds. The molecular formula is C10H9Cl4NO2Sn. The number of hydrogen-bond acceptors (Lipinski definition) is 3. The molecule has 0 saturated carbocycles. The first kappa shape index (κ1) is 18.6. The largest absolute Gasteiger partial charge is 0.506 e. The Morgan fingerprint density at radius 1 is 1.00 bits per heavy atom. The van der Waals surface area contributed by atoms with Gasteiger partial charge in [-0.3, -0.25) is 4.99 Å². The molecule has 0 aliphatic carbocycles. The van der Waals surface area contributed by atoms with Crippen LogP contribution in [0.5, 0.6) is 5.75 Å². The van der Waals surface area contributed by atoms with Gasteiger partial charge >= 0.3 is 0 Å². The van der Waals surface area contributed by atoms with Crippen LogP contribution in [0.25, 0.3) is 0 Å². The summed E-state index contributed by atoms with van der Waals surface area (Å²) in [5, 5.41) is 18.4. The van der Waals surface area contributed by atoms with Gasteiger partial charge in [0.15, 0.2) is 0 Å². The van der Waals surface area contributed by atoms with Crippen molar-refractivity contribution in [3.63, 3.8) is 0 Å². The second-order valence-electron chi connectivity index (χ2n) is 3.13. The van der Waals surface area contributed by atoms with Crippen molar-refractivity contribution in [2.24, 2.45) is 4.99 Å². The summed E-state index contributed by atoms with van der Waals surface area (Å²) in [5.74, 6) is -0.265. The molecule has 0 aliphatic heterocycles. The zero-order chi connectivity index (χ0) is 13.0. The van der Waals surface area contributed by atoms with E-state index in [2.05, 4.69) is 4.99 Å². The summed E-state index contributed by atoms with van der Waals surface area (Å²) < 4.78 is 0. The van der Waals surface area contributed by atoms with E-state index in [9.17, 15) is 5.11 Å². The van der Waals surface area contributed by atoms with Crippen LogP contribution in [0.1, 0.15) is 12.0 Å². The Kier molecular flexibility index (Phi) is 9.01. The zero-order valence-corrected chi connectivity index (χ0v) is 14.9. The van der Waals surface area contributed by atoms with Crippen LogP contribution in [0.15, 0.2) is 4.99 Å². The molecule has 1 aromatic carbocycles. The smallest absolute Gasteiger partial charge is 0.146 e. The van der Waals surface area contributed by atoms with Gasteiger partial charge in [-0.2, -0.15) is 0 Å². The average Bonchev–Trinajstić information content (AvgIpc) is 2.33. The van der Waals surface area contributed by atoms with E-state index in [1.54, 1.807) is 0 Å². The minimum Gasteiger partial charge on any atom is -0.506 e. The Labute approximate surface area is 142 Å². The quantitative estimate of drug-likeness (QED) is 0.250. The van der Waals surface area contributed by atoms with Gasteiger partial charge in [0.05, 0.1) is 20.6 Å². The van der Waals surface area contributed by atoms with Crippen molar-refractivity contribution in [1.29, 1.82) is 0 Å². The maximum Gasteiger partial charge on any atom is 0.146 e. The van der Waals surface area contributed by atoms with Crippen LogP contribution in [0.3, 0.4) is 0 Å². The molecule has 8 heteroatoms. The summed E-state index contributed by atoms with van der Waals surface area (Å²) in [6, 6.07) is 0. The van der Waals surface area contributed by atoms with Crippen molar-refractivity contribution < 1.29 is 10.2 Å². The van der Waals surface area contributed by atoms with Crippen LogP contribution in [-0.2, 0) is 0 Å². The van der Waals surface area contributed by atoms with E-state index >= 15 is 0 Å². The van der Waals surface area contributed by atoms with E-state index in [0.717, 1.165) is 0 Å².